The Morgan fingerprint density at radius 3 is 2.02 bits per heavy atom. The van der Waals surface area contributed by atoms with Crippen molar-refractivity contribution in [1.29, 1.82) is 0 Å². The van der Waals surface area contributed by atoms with Crippen molar-refractivity contribution in [2.24, 2.45) is 5.41 Å². The number of sulfonamides is 1. The van der Waals surface area contributed by atoms with Crippen LogP contribution in [-0.2, 0) is 44.9 Å². The van der Waals surface area contributed by atoms with E-state index in [4.69, 9.17) is 28.3 Å². The molecule has 1 aliphatic rings. The topological polar surface area (TPSA) is 110 Å². The lowest BCUT2D eigenvalue weighted by Crippen LogP contribution is -2.47. The van der Waals surface area contributed by atoms with Gasteiger partial charge in [-0.05, 0) is 40.8 Å². The van der Waals surface area contributed by atoms with Crippen LogP contribution in [0.15, 0.2) is 48.5 Å². The fourth-order valence-corrected chi connectivity index (χ4v) is 7.93. The van der Waals surface area contributed by atoms with Gasteiger partial charge in [0, 0.05) is 53.9 Å². The Bertz CT molecular complexity index is 1400. The van der Waals surface area contributed by atoms with E-state index in [1.807, 2.05) is 24.3 Å². The molecule has 1 unspecified atom stereocenters. The predicted octanol–water partition coefficient (Wildman–Crippen LogP) is 5.94. The highest BCUT2D eigenvalue weighted by Gasteiger charge is 2.34. The molecule has 0 bridgehead atoms. The molecular weight excluding hydrogens is 677 g/mol. The minimum Gasteiger partial charge on any atom is -0.489 e. The summed E-state index contributed by atoms with van der Waals surface area (Å²) in [6.07, 6.45) is -0.0913. The van der Waals surface area contributed by atoms with Crippen molar-refractivity contribution in [3.63, 3.8) is 0 Å². The maximum Gasteiger partial charge on any atom is 0.493 e. The zero-order chi connectivity index (χ0) is 36.3. The van der Waals surface area contributed by atoms with Gasteiger partial charge < -0.3 is 28.3 Å². The minimum atomic E-state index is -3.89. The maximum atomic E-state index is 13.9. The van der Waals surface area contributed by atoms with Crippen LogP contribution in [0.3, 0.4) is 0 Å². The van der Waals surface area contributed by atoms with E-state index >= 15 is 0 Å². The minimum absolute atomic E-state index is 0.00816. The summed E-state index contributed by atoms with van der Waals surface area (Å²) in [5, 5.41) is 0. The Kier molecular flexibility index (Phi) is 15.6. The number of methoxy groups -OCH3 is 1. The molecular formula is C35H58BNO9SSi2. The van der Waals surface area contributed by atoms with E-state index in [9.17, 15) is 13.2 Å². The average Bonchev–Trinajstić information content (AvgIpc) is 3.01. The largest absolute Gasteiger partial charge is 0.493 e. The number of hydrogen-bond donors (Lipinski definition) is 0. The molecule has 0 aliphatic carbocycles. The molecule has 10 nitrogen and oxygen atoms in total. The number of rotatable bonds is 20. The number of esters is 1. The van der Waals surface area contributed by atoms with Gasteiger partial charge in [-0.3, -0.25) is 4.79 Å². The molecule has 274 valence electrons. The van der Waals surface area contributed by atoms with Crippen LogP contribution >= 0.6 is 0 Å². The summed E-state index contributed by atoms with van der Waals surface area (Å²) in [5.74, 6) is -0.810. The van der Waals surface area contributed by atoms with E-state index in [1.54, 1.807) is 24.3 Å². The molecule has 2 aromatic rings. The lowest BCUT2D eigenvalue weighted by atomic mass is 9.75. The van der Waals surface area contributed by atoms with E-state index in [-0.39, 0.29) is 31.1 Å². The fourth-order valence-electron chi connectivity index (χ4n) is 4.92. The van der Waals surface area contributed by atoms with E-state index < -0.39 is 45.2 Å². The van der Waals surface area contributed by atoms with Crippen molar-refractivity contribution in [1.82, 2.24) is 4.31 Å². The molecule has 49 heavy (non-hydrogen) atoms. The number of nitrogens with zero attached hydrogens (tertiary/aromatic N) is 1. The smallest absolute Gasteiger partial charge is 0.489 e. The van der Waals surface area contributed by atoms with Gasteiger partial charge >= 0.3 is 13.1 Å². The molecule has 0 spiro atoms. The van der Waals surface area contributed by atoms with Gasteiger partial charge in [0.15, 0.2) is 0 Å². The third-order valence-corrected chi connectivity index (χ3v) is 13.4. The van der Waals surface area contributed by atoms with Crippen molar-refractivity contribution < 1.29 is 41.5 Å². The Hall–Kier alpha value is -2.04. The maximum absolute atomic E-state index is 13.9. The van der Waals surface area contributed by atoms with Crippen molar-refractivity contribution in [2.45, 2.75) is 84.2 Å². The summed E-state index contributed by atoms with van der Waals surface area (Å²) >= 11 is 0. The second-order valence-corrected chi connectivity index (χ2v) is 29.4. The van der Waals surface area contributed by atoms with Gasteiger partial charge in [0.2, 0.25) is 10.0 Å². The third-order valence-electron chi connectivity index (χ3n) is 8.14. The lowest BCUT2D eigenvalue weighted by molar-refractivity contribution is -0.140. The third kappa shape index (κ3) is 15.4. The summed E-state index contributed by atoms with van der Waals surface area (Å²) in [7, 11) is -5.70. The molecule has 2 aromatic carbocycles. The van der Waals surface area contributed by atoms with Crippen molar-refractivity contribution in [2.75, 3.05) is 52.8 Å². The molecule has 3 rings (SSSR count). The molecule has 1 fully saturated rings. The Labute approximate surface area is 297 Å². The second-order valence-electron chi connectivity index (χ2n) is 16.1. The molecule has 1 heterocycles. The molecule has 1 atom stereocenters. The van der Waals surface area contributed by atoms with Gasteiger partial charge in [-0.25, -0.2) is 8.42 Å². The fraction of sp³-hybridized carbons (Fsp3) is 0.629. The quantitative estimate of drug-likeness (QED) is 0.0707. The second kappa shape index (κ2) is 18.4. The molecule has 1 saturated heterocycles. The first-order chi connectivity index (χ1) is 22.9. The molecule has 1 aliphatic heterocycles. The highest BCUT2D eigenvalue weighted by molar-refractivity contribution is 7.89. The standard InChI is InChI=1S/C35H58BNO9SSi2/c1-35(2)25-45-36(46-26-35)32-12-10-11-29(21-32)23-44-33-15-13-30(14-16-33)31(22-34(38)41-3)24-47(39,40)37(27-42-17-19-48(4,5)6)28-43-18-20-49(7,8)9/h10-16,21,31H,17-20,22-28H2,1-9H3. The van der Waals surface area contributed by atoms with Crippen LogP contribution < -0.4 is 10.2 Å². The molecule has 0 radical (unpaired) electrons. The van der Waals surface area contributed by atoms with Gasteiger partial charge in [0.1, 0.15) is 25.8 Å². The van der Waals surface area contributed by atoms with Crippen LogP contribution in [0.5, 0.6) is 5.75 Å². The predicted molar refractivity (Wildman–Crippen MR) is 201 cm³/mol. The van der Waals surface area contributed by atoms with E-state index in [1.165, 1.54) is 11.4 Å². The van der Waals surface area contributed by atoms with Gasteiger partial charge in [0.25, 0.3) is 0 Å². The van der Waals surface area contributed by atoms with Crippen LogP contribution in [0, 0.1) is 5.41 Å². The number of hydrogen-bond acceptors (Lipinski definition) is 9. The number of ether oxygens (including phenoxy) is 4. The summed E-state index contributed by atoms with van der Waals surface area (Å²) in [6, 6.07) is 17.0. The van der Waals surface area contributed by atoms with Crippen LogP contribution in [-0.4, -0.2) is 94.7 Å². The molecule has 0 saturated carbocycles. The Morgan fingerprint density at radius 1 is 0.918 bits per heavy atom. The summed E-state index contributed by atoms with van der Waals surface area (Å²) in [4.78, 5) is 12.4. The monoisotopic (exact) mass is 735 g/mol. The zero-order valence-electron chi connectivity index (χ0n) is 31.1. The molecule has 0 aromatic heterocycles. The van der Waals surface area contributed by atoms with Crippen molar-refractivity contribution in [3.05, 3.63) is 59.7 Å². The lowest BCUT2D eigenvalue weighted by Gasteiger charge is -2.33. The zero-order valence-corrected chi connectivity index (χ0v) is 33.9. The molecule has 0 N–H and O–H groups in total. The Balaban J connectivity index is 1.69. The normalized spacial score (nSPS) is 16.1. The number of carbonyl (C=O) groups excluding carboxylic acids is 1. The van der Waals surface area contributed by atoms with Gasteiger partial charge in [-0.2, -0.15) is 4.31 Å². The molecule has 0 amide bonds. The van der Waals surface area contributed by atoms with Crippen LogP contribution in [0.1, 0.15) is 37.3 Å². The summed E-state index contributed by atoms with van der Waals surface area (Å²) < 4.78 is 63.6. The van der Waals surface area contributed by atoms with E-state index in [0.29, 0.717) is 44.3 Å². The first-order valence-corrected chi connectivity index (χ1v) is 26.1. The summed E-state index contributed by atoms with van der Waals surface area (Å²) in [5.41, 5.74) is 2.59. The van der Waals surface area contributed by atoms with Crippen molar-refractivity contribution in [3.8, 4) is 5.75 Å². The van der Waals surface area contributed by atoms with Crippen molar-refractivity contribution >= 4 is 44.7 Å². The number of benzene rings is 2. The van der Waals surface area contributed by atoms with Crippen LogP contribution in [0.4, 0.5) is 0 Å². The number of carbonyl (C=O) groups is 1. The molecule has 14 heteroatoms. The SMILES string of the molecule is COC(=O)CC(CS(=O)(=O)N(COCC[Si](C)(C)C)COCC[Si](C)(C)C)c1ccc(OCc2cccc(B3OCC(C)(C)CO3)c2)cc1. The highest BCUT2D eigenvalue weighted by atomic mass is 32.2. The average molecular weight is 736 g/mol. The van der Waals surface area contributed by atoms with Gasteiger partial charge in [0.05, 0.1) is 19.3 Å². The van der Waals surface area contributed by atoms with Crippen LogP contribution in [0.25, 0.3) is 0 Å². The van der Waals surface area contributed by atoms with Crippen LogP contribution in [0.2, 0.25) is 51.4 Å². The van der Waals surface area contributed by atoms with Gasteiger partial charge in [-0.15, -0.1) is 0 Å². The van der Waals surface area contributed by atoms with Gasteiger partial charge in [-0.1, -0.05) is 89.5 Å². The first-order valence-electron chi connectivity index (χ1n) is 17.1. The first kappa shape index (κ1) is 41.4. The summed E-state index contributed by atoms with van der Waals surface area (Å²) in [6.45, 7) is 20.1. The highest BCUT2D eigenvalue weighted by Crippen LogP contribution is 2.27. The van der Waals surface area contributed by atoms with E-state index in [0.717, 1.165) is 23.1 Å². The van der Waals surface area contributed by atoms with E-state index in [2.05, 4.69) is 53.1 Å². The Morgan fingerprint density at radius 2 is 1.49 bits per heavy atom.